The van der Waals surface area contributed by atoms with Crippen molar-refractivity contribution in [2.75, 3.05) is 13.7 Å². The summed E-state index contributed by atoms with van der Waals surface area (Å²) in [7, 11) is 1.63. The first kappa shape index (κ1) is 14.2. The molecule has 6 heteroatoms. The quantitative estimate of drug-likeness (QED) is 0.906. The second kappa shape index (κ2) is 5.91. The topological polar surface area (TPSA) is 50.8 Å². The van der Waals surface area contributed by atoms with Gasteiger partial charge in [0.15, 0.2) is 6.23 Å². The number of methoxy groups -OCH3 is 1. The molecule has 1 atom stereocenters. The first-order chi connectivity index (χ1) is 10.2. The van der Waals surface area contributed by atoms with Gasteiger partial charge in [-0.15, -0.1) is 0 Å². The smallest absolute Gasteiger partial charge is 0.241 e. The molecule has 0 aromatic heterocycles. The molecule has 5 nitrogen and oxygen atoms in total. The molecule has 1 aromatic rings. The highest BCUT2D eigenvalue weighted by molar-refractivity contribution is 9.11. The van der Waals surface area contributed by atoms with Crippen LogP contribution in [0.4, 0.5) is 0 Å². The minimum atomic E-state index is -0.283. The highest BCUT2D eigenvalue weighted by Crippen LogP contribution is 2.27. The van der Waals surface area contributed by atoms with Gasteiger partial charge in [0.1, 0.15) is 12.0 Å². The van der Waals surface area contributed by atoms with Gasteiger partial charge >= 0.3 is 0 Å². The molecule has 0 saturated carbocycles. The fourth-order valence-corrected chi connectivity index (χ4v) is 2.72. The van der Waals surface area contributed by atoms with E-state index in [1.54, 1.807) is 18.3 Å². The number of piperazine rings is 1. The summed E-state index contributed by atoms with van der Waals surface area (Å²) in [5.41, 5.74) is 1.82. The van der Waals surface area contributed by atoms with E-state index >= 15 is 0 Å². The average Bonchev–Trinajstić information content (AvgIpc) is 2.50. The van der Waals surface area contributed by atoms with Gasteiger partial charge in [0.05, 0.1) is 30.4 Å². The first-order valence-electron chi connectivity index (χ1n) is 6.57. The highest BCUT2D eigenvalue weighted by Gasteiger charge is 2.33. The Morgan fingerprint density at radius 2 is 2.38 bits per heavy atom. The van der Waals surface area contributed by atoms with Crippen molar-refractivity contribution < 1.29 is 14.3 Å². The van der Waals surface area contributed by atoms with Crippen molar-refractivity contribution in [3.63, 3.8) is 0 Å². The van der Waals surface area contributed by atoms with Crippen LogP contribution in [0.3, 0.4) is 0 Å². The molecule has 0 radical (unpaired) electrons. The Morgan fingerprint density at radius 3 is 3.19 bits per heavy atom. The number of carbonyl (C=O) groups excluding carboxylic acids is 1. The molecule has 1 saturated heterocycles. The van der Waals surface area contributed by atoms with Crippen LogP contribution in [-0.2, 0) is 16.1 Å². The number of hydrogen-bond acceptors (Lipinski definition) is 4. The molecule has 0 bridgehead atoms. The van der Waals surface area contributed by atoms with Crippen LogP contribution in [0, 0.1) is 0 Å². The maximum Gasteiger partial charge on any atom is 0.241 e. The standard InChI is InChI=1S/C15H15BrN2O3/c1-20-12-4-2-3-10(5-12)8-18-13-6-11(16)9-21-15(13)17-7-14(18)19/h2-6,9,15,17H,7-8H2,1H3. The molecular formula is C15H15BrN2O3. The van der Waals surface area contributed by atoms with E-state index < -0.39 is 0 Å². The third-order valence-corrected chi connectivity index (χ3v) is 3.81. The number of amides is 1. The van der Waals surface area contributed by atoms with Crippen LogP contribution in [0.5, 0.6) is 5.75 Å². The lowest BCUT2D eigenvalue weighted by molar-refractivity contribution is -0.133. The van der Waals surface area contributed by atoms with E-state index in [0.29, 0.717) is 6.54 Å². The summed E-state index contributed by atoms with van der Waals surface area (Å²) in [6, 6.07) is 7.70. The fourth-order valence-electron chi connectivity index (χ4n) is 2.38. The number of allylic oxidation sites excluding steroid dienone is 2. The molecule has 1 fully saturated rings. The van der Waals surface area contributed by atoms with Crippen molar-refractivity contribution in [2.45, 2.75) is 12.8 Å². The van der Waals surface area contributed by atoms with Crippen LogP contribution >= 0.6 is 15.9 Å². The summed E-state index contributed by atoms with van der Waals surface area (Å²) in [6.07, 6.45) is 3.24. The summed E-state index contributed by atoms with van der Waals surface area (Å²) < 4.78 is 11.6. The Hall–Kier alpha value is -1.79. The number of nitrogens with zero attached hydrogens (tertiary/aromatic N) is 1. The van der Waals surface area contributed by atoms with E-state index in [2.05, 4.69) is 21.2 Å². The molecule has 1 aromatic carbocycles. The van der Waals surface area contributed by atoms with Gasteiger partial charge in [0.2, 0.25) is 5.91 Å². The zero-order chi connectivity index (χ0) is 14.8. The maximum absolute atomic E-state index is 12.2. The number of fused-ring (bicyclic) bond motifs is 1. The van der Waals surface area contributed by atoms with E-state index in [4.69, 9.17) is 9.47 Å². The maximum atomic E-state index is 12.2. The Labute approximate surface area is 131 Å². The number of hydrogen-bond donors (Lipinski definition) is 1. The van der Waals surface area contributed by atoms with Crippen molar-refractivity contribution in [1.82, 2.24) is 10.2 Å². The van der Waals surface area contributed by atoms with E-state index in [0.717, 1.165) is 21.5 Å². The van der Waals surface area contributed by atoms with Gasteiger partial charge < -0.3 is 14.4 Å². The Bertz CT molecular complexity index is 627. The Morgan fingerprint density at radius 1 is 1.52 bits per heavy atom. The van der Waals surface area contributed by atoms with Crippen molar-refractivity contribution >= 4 is 21.8 Å². The van der Waals surface area contributed by atoms with Crippen LogP contribution in [0.1, 0.15) is 5.56 Å². The van der Waals surface area contributed by atoms with Crippen LogP contribution in [-0.4, -0.2) is 30.7 Å². The van der Waals surface area contributed by atoms with Gasteiger partial charge in [-0.25, -0.2) is 0 Å². The molecule has 1 unspecified atom stereocenters. The van der Waals surface area contributed by atoms with Crippen LogP contribution in [0.2, 0.25) is 0 Å². The molecular weight excluding hydrogens is 336 g/mol. The van der Waals surface area contributed by atoms with Gasteiger partial charge in [-0.1, -0.05) is 12.1 Å². The lowest BCUT2D eigenvalue weighted by atomic mass is 10.1. The van der Waals surface area contributed by atoms with Gasteiger partial charge in [0, 0.05) is 0 Å². The number of ether oxygens (including phenoxy) is 2. The SMILES string of the molecule is COc1cccc(CN2C(=O)CNC3OC=C(Br)C=C32)c1. The van der Waals surface area contributed by atoms with Crippen LogP contribution in [0.15, 0.2) is 46.8 Å². The third-order valence-electron chi connectivity index (χ3n) is 3.40. The molecule has 21 heavy (non-hydrogen) atoms. The molecule has 1 N–H and O–H groups in total. The predicted octanol–water partition coefficient (Wildman–Crippen LogP) is 2.10. The second-order valence-electron chi connectivity index (χ2n) is 4.80. The largest absolute Gasteiger partial charge is 0.497 e. The number of halogens is 1. The van der Waals surface area contributed by atoms with E-state index in [9.17, 15) is 4.79 Å². The predicted molar refractivity (Wildman–Crippen MR) is 81.5 cm³/mol. The van der Waals surface area contributed by atoms with E-state index in [1.165, 1.54) is 0 Å². The second-order valence-corrected chi connectivity index (χ2v) is 5.72. The van der Waals surface area contributed by atoms with Crippen LogP contribution < -0.4 is 10.1 Å². The normalized spacial score (nSPS) is 21.1. The number of carbonyl (C=O) groups is 1. The molecule has 1 amide bonds. The zero-order valence-corrected chi connectivity index (χ0v) is 13.1. The minimum Gasteiger partial charge on any atom is -0.497 e. The lowest BCUT2D eigenvalue weighted by Gasteiger charge is -2.37. The minimum absolute atomic E-state index is 0.0196. The van der Waals surface area contributed by atoms with E-state index in [-0.39, 0.29) is 18.7 Å². The zero-order valence-electron chi connectivity index (χ0n) is 11.5. The third kappa shape index (κ3) is 2.96. The molecule has 2 aliphatic heterocycles. The van der Waals surface area contributed by atoms with Gasteiger partial charge in [-0.2, -0.15) is 0 Å². The fraction of sp³-hybridized carbons (Fsp3) is 0.267. The summed E-state index contributed by atoms with van der Waals surface area (Å²) in [6.45, 7) is 0.751. The van der Waals surface area contributed by atoms with Gasteiger partial charge in [0.25, 0.3) is 0 Å². The monoisotopic (exact) mass is 350 g/mol. The lowest BCUT2D eigenvalue weighted by Crippen LogP contribution is -2.53. The Balaban J connectivity index is 1.87. The van der Waals surface area contributed by atoms with Crippen molar-refractivity contribution in [1.29, 1.82) is 0 Å². The molecule has 2 heterocycles. The first-order valence-corrected chi connectivity index (χ1v) is 7.36. The van der Waals surface area contributed by atoms with Crippen molar-refractivity contribution in [3.8, 4) is 5.75 Å². The number of nitrogens with one attached hydrogen (secondary N) is 1. The summed E-state index contributed by atoms with van der Waals surface area (Å²) >= 11 is 3.38. The highest BCUT2D eigenvalue weighted by atomic mass is 79.9. The van der Waals surface area contributed by atoms with Gasteiger partial charge in [-0.05, 0) is 39.7 Å². The van der Waals surface area contributed by atoms with Crippen LogP contribution in [0.25, 0.3) is 0 Å². The molecule has 110 valence electrons. The average molecular weight is 351 g/mol. The molecule has 0 aliphatic carbocycles. The molecule has 3 rings (SSSR count). The summed E-state index contributed by atoms with van der Waals surface area (Å²) in [5.74, 6) is 0.799. The van der Waals surface area contributed by atoms with E-state index in [1.807, 2.05) is 30.3 Å². The summed E-state index contributed by atoms with van der Waals surface area (Å²) in [4.78, 5) is 14.0. The van der Waals surface area contributed by atoms with Gasteiger partial charge in [-0.3, -0.25) is 10.1 Å². The van der Waals surface area contributed by atoms with Crippen molar-refractivity contribution in [2.24, 2.45) is 0 Å². The Kier molecular flexibility index (Phi) is 3.98. The molecule has 2 aliphatic rings. The number of benzene rings is 1. The van der Waals surface area contributed by atoms with Crippen molar-refractivity contribution in [3.05, 3.63) is 52.3 Å². The summed E-state index contributed by atoms with van der Waals surface area (Å²) in [5, 5.41) is 3.06. The molecule has 0 spiro atoms. The number of rotatable bonds is 3.